The molecule has 1 N–H and O–H groups in total. The van der Waals surface area contributed by atoms with Gasteiger partial charge < -0.3 is 19.4 Å². The summed E-state index contributed by atoms with van der Waals surface area (Å²) in [4.78, 5) is 34.6. The lowest BCUT2D eigenvalue weighted by Gasteiger charge is -2.10. The number of ketones is 1. The van der Waals surface area contributed by atoms with E-state index < -0.39 is 11.7 Å². The average Bonchev–Trinajstić information content (AvgIpc) is 3.09. The van der Waals surface area contributed by atoms with Gasteiger partial charge in [-0.25, -0.2) is 4.98 Å². The first-order chi connectivity index (χ1) is 16.3. The molecule has 0 radical (unpaired) electrons. The van der Waals surface area contributed by atoms with E-state index in [1.165, 1.54) is 26.5 Å². The zero-order valence-electron chi connectivity index (χ0n) is 18.6. The summed E-state index contributed by atoms with van der Waals surface area (Å²) in [6.07, 6.45) is 3.03. The zero-order chi connectivity index (χ0) is 24.4. The highest BCUT2D eigenvalue weighted by molar-refractivity contribution is 6.49. The molecule has 10 heteroatoms. The lowest BCUT2D eigenvalue weighted by molar-refractivity contribution is -0.112. The Morgan fingerprint density at radius 2 is 1.85 bits per heavy atom. The van der Waals surface area contributed by atoms with Gasteiger partial charge in [0.1, 0.15) is 5.75 Å². The summed E-state index contributed by atoms with van der Waals surface area (Å²) >= 11 is 12.3. The van der Waals surface area contributed by atoms with Crippen molar-refractivity contribution in [3.63, 3.8) is 0 Å². The molecular formula is C24H20Cl2N4O4. The summed E-state index contributed by atoms with van der Waals surface area (Å²) in [7, 11) is 2.97. The molecule has 4 rings (SSSR count). The molecule has 8 nitrogen and oxygen atoms in total. The number of nitrogens with zero attached hydrogens (tertiary/aromatic N) is 3. The first-order valence-corrected chi connectivity index (χ1v) is 10.9. The molecule has 4 aromatic rings. The second-order valence-corrected chi connectivity index (χ2v) is 8.23. The van der Waals surface area contributed by atoms with E-state index in [-0.39, 0.29) is 5.56 Å². The number of aromatic nitrogens is 3. The molecular weight excluding hydrogens is 479 g/mol. The molecule has 0 spiro atoms. The minimum atomic E-state index is -0.799. The maximum atomic E-state index is 13.3. The molecule has 0 aliphatic heterocycles. The molecule has 1 amide bonds. The minimum Gasteiger partial charge on any atom is -0.495 e. The number of fused-ring (bicyclic) bond motifs is 1. The van der Waals surface area contributed by atoms with E-state index in [9.17, 15) is 9.59 Å². The molecule has 174 valence electrons. The molecule has 0 aliphatic rings. The van der Waals surface area contributed by atoms with Crippen molar-refractivity contribution in [1.82, 2.24) is 14.5 Å². The first kappa shape index (κ1) is 23.5. The Hall–Kier alpha value is -3.62. The van der Waals surface area contributed by atoms with Crippen molar-refractivity contribution >= 4 is 51.5 Å². The SMILES string of the molecule is COc1cc(NC(=O)C(=O)c2c(C)n(Cc3ccc(Cl)cn3)c3cc(OC)c(Cl)cc23)ccn1. The maximum absolute atomic E-state index is 13.3. The number of ether oxygens (including phenoxy) is 2. The van der Waals surface area contributed by atoms with Crippen molar-refractivity contribution in [1.29, 1.82) is 0 Å². The van der Waals surface area contributed by atoms with Crippen LogP contribution in [0, 0.1) is 6.92 Å². The number of Topliss-reactive ketones (excluding diaryl/α,β-unsaturated/α-hetero) is 1. The van der Waals surface area contributed by atoms with Crippen molar-refractivity contribution < 1.29 is 19.1 Å². The third-order valence-electron chi connectivity index (χ3n) is 5.34. The highest BCUT2D eigenvalue weighted by atomic mass is 35.5. The molecule has 1 aromatic carbocycles. The summed E-state index contributed by atoms with van der Waals surface area (Å²) in [6, 6.07) is 10.00. The fourth-order valence-corrected chi connectivity index (χ4v) is 4.04. The van der Waals surface area contributed by atoms with E-state index in [2.05, 4.69) is 15.3 Å². The van der Waals surface area contributed by atoms with Crippen LogP contribution in [0.2, 0.25) is 10.0 Å². The molecule has 3 heterocycles. The number of amides is 1. The lowest BCUT2D eigenvalue weighted by Crippen LogP contribution is -2.23. The normalized spacial score (nSPS) is 10.9. The van der Waals surface area contributed by atoms with E-state index in [1.807, 2.05) is 4.57 Å². The van der Waals surface area contributed by atoms with Gasteiger partial charge in [-0.15, -0.1) is 0 Å². The van der Waals surface area contributed by atoms with Gasteiger partial charge in [0.05, 0.1) is 47.6 Å². The number of hydrogen-bond donors (Lipinski definition) is 1. The van der Waals surface area contributed by atoms with Crippen LogP contribution in [0.1, 0.15) is 21.7 Å². The quantitative estimate of drug-likeness (QED) is 0.286. The second-order valence-electron chi connectivity index (χ2n) is 7.39. The zero-order valence-corrected chi connectivity index (χ0v) is 20.1. The summed E-state index contributed by atoms with van der Waals surface area (Å²) in [6.45, 7) is 2.12. The number of halogens is 2. The molecule has 0 unspecified atom stereocenters. The number of carbonyl (C=O) groups excluding carboxylic acids is 2. The van der Waals surface area contributed by atoms with Gasteiger partial charge in [0.15, 0.2) is 0 Å². The van der Waals surface area contributed by atoms with Crippen molar-refractivity contribution in [3.05, 3.63) is 75.8 Å². The Labute approximate surface area is 205 Å². The second kappa shape index (κ2) is 9.70. The summed E-state index contributed by atoms with van der Waals surface area (Å²) in [5, 5.41) is 3.98. The fraction of sp³-hybridized carbons (Fsp3) is 0.167. The van der Waals surface area contributed by atoms with Crippen LogP contribution < -0.4 is 14.8 Å². The van der Waals surface area contributed by atoms with E-state index in [1.54, 1.807) is 43.5 Å². The molecule has 0 saturated heterocycles. The van der Waals surface area contributed by atoms with Crippen LogP contribution in [0.5, 0.6) is 11.6 Å². The lowest BCUT2D eigenvalue weighted by atomic mass is 10.1. The molecule has 0 aliphatic carbocycles. The van der Waals surface area contributed by atoms with Crippen LogP contribution in [0.15, 0.2) is 48.8 Å². The van der Waals surface area contributed by atoms with Gasteiger partial charge in [-0.1, -0.05) is 23.2 Å². The van der Waals surface area contributed by atoms with Crippen molar-refractivity contribution in [3.8, 4) is 11.6 Å². The van der Waals surface area contributed by atoms with Crippen molar-refractivity contribution in [2.45, 2.75) is 13.5 Å². The average molecular weight is 499 g/mol. The minimum absolute atomic E-state index is 0.243. The number of benzene rings is 1. The number of hydrogen-bond acceptors (Lipinski definition) is 6. The summed E-state index contributed by atoms with van der Waals surface area (Å²) < 4.78 is 12.3. The third-order valence-corrected chi connectivity index (χ3v) is 5.86. The van der Waals surface area contributed by atoms with Gasteiger partial charge >= 0.3 is 0 Å². The Balaban J connectivity index is 1.78. The van der Waals surface area contributed by atoms with Gasteiger partial charge in [0.25, 0.3) is 11.7 Å². The maximum Gasteiger partial charge on any atom is 0.296 e. The molecule has 0 fully saturated rings. The van der Waals surface area contributed by atoms with Gasteiger partial charge in [0, 0.05) is 41.3 Å². The van der Waals surface area contributed by atoms with Crippen LogP contribution >= 0.6 is 23.2 Å². The summed E-state index contributed by atoms with van der Waals surface area (Å²) in [5.41, 5.74) is 2.62. The van der Waals surface area contributed by atoms with Crippen LogP contribution in [-0.2, 0) is 11.3 Å². The largest absolute Gasteiger partial charge is 0.495 e. The van der Waals surface area contributed by atoms with E-state index in [0.29, 0.717) is 50.5 Å². The molecule has 0 atom stereocenters. The Morgan fingerprint density at radius 3 is 2.53 bits per heavy atom. The molecule has 34 heavy (non-hydrogen) atoms. The summed E-state index contributed by atoms with van der Waals surface area (Å²) in [5.74, 6) is -0.744. The number of pyridine rings is 2. The van der Waals surface area contributed by atoms with E-state index in [0.717, 1.165) is 5.69 Å². The van der Waals surface area contributed by atoms with Gasteiger partial charge in [-0.2, -0.15) is 0 Å². The monoisotopic (exact) mass is 498 g/mol. The standard InChI is InChI=1S/C24H20Cl2N4O4/c1-13-22(23(31)24(32)29-15-6-7-27-21(8-15)34-3)17-9-18(26)20(33-2)10-19(17)30(13)12-16-5-4-14(25)11-28-16/h4-11H,12H2,1-3H3,(H,27,29,32). The third kappa shape index (κ3) is 4.55. The Morgan fingerprint density at radius 1 is 1.06 bits per heavy atom. The Kier molecular flexibility index (Phi) is 6.72. The van der Waals surface area contributed by atoms with Crippen LogP contribution in [0.25, 0.3) is 10.9 Å². The predicted octanol–water partition coefficient (Wildman–Crippen LogP) is 4.93. The van der Waals surface area contributed by atoms with Crippen molar-refractivity contribution in [2.75, 3.05) is 19.5 Å². The van der Waals surface area contributed by atoms with E-state index >= 15 is 0 Å². The van der Waals surface area contributed by atoms with Crippen LogP contribution in [0.4, 0.5) is 5.69 Å². The van der Waals surface area contributed by atoms with Gasteiger partial charge in [-0.3, -0.25) is 14.6 Å². The number of methoxy groups -OCH3 is 2. The van der Waals surface area contributed by atoms with Gasteiger partial charge in [-0.05, 0) is 31.2 Å². The van der Waals surface area contributed by atoms with Crippen molar-refractivity contribution in [2.24, 2.45) is 0 Å². The molecule has 3 aromatic heterocycles. The smallest absolute Gasteiger partial charge is 0.296 e. The number of rotatable bonds is 7. The number of nitrogens with one attached hydrogen (secondary N) is 1. The first-order valence-electron chi connectivity index (χ1n) is 10.1. The molecule has 0 saturated carbocycles. The topological polar surface area (TPSA) is 95.3 Å². The molecule has 0 bridgehead atoms. The Bertz CT molecular complexity index is 1400. The highest BCUT2D eigenvalue weighted by Crippen LogP contribution is 2.35. The number of anilines is 1. The van der Waals surface area contributed by atoms with Gasteiger partial charge in [0.2, 0.25) is 5.88 Å². The predicted molar refractivity (Wildman–Crippen MR) is 130 cm³/mol. The highest BCUT2D eigenvalue weighted by Gasteiger charge is 2.27. The number of carbonyl (C=O) groups is 2. The van der Waals surface area contributed by atoms with Crippen LogP contribution in [-0.4, -0.2) is 40.4 Å². The van der Waals surface area contributed by atoms with Crippen LogP contribution in [0.3, 0.4) is 0 Å². The fourth-order valence-electron chi connectivity index (χ4n) is 3.69. The van der Waals surface area contributed by atoms with E-state index in [4.69, 9.17) is 32.7 Å².